The molecule has 10 aromatic carbocycles. The fourth-order valence-corrected chi connectivity index (χ4v) is 10.8. The summed E-state index contributed by atoms with van der Waals surface area (Å²) in [7, 11) is 0. The Morgan fingerprint density at radius 2 is 0.544 bits per heavy atom. The van der Waals surface area contributed by atoms with Crippen molar-refractivity contribution < 1.29 is 0 Å². The lowest BCUT2D eigenvalue weighted by atomic mass is 9.70. The molecule has 0 radical (unpaired) electrons. The number of rotatable bonds is 8. The summed E-state index contributed by atoms with van der Waals surface area (Å²) in [5.41, 5.74) is 20.8. The maximum Gasteiger partial charge on any atom is 0.164 e. The highest BCUT2D eigenvalue weighted by atomic mass is 15.1. The number of fused-ring (bicyclic) bond motifs is 10. The van der Waals surface area contributed by atoms with Crippen LogP contribution in [0.1, 0.15) is 22.3 Å². The molecule has 1 atom stereocenters. The van der Waals surface area contributed by atoms with Crippen LogP contribution in [0.4, 0.5) is 17.1 Å². The molecule has 1 unspecified atom stereocenters. The van der Waals surface area contributed by atoms with E-state index in [0.717, 1.165) is 39.3 Å². The second kappa shape index (κ2) is 16.2. The van der Waals surface area contributed by atoms with Gasteiger partial charge in [-0.1, -0.05) is 218 Å². The fraction of sp³-hybridized carbons (Fsp3) is 0.0156. The summed E-state index contributed by atoms with van der Waals surface area (Å²) in [6, 6.07) is 91.3. The largest absolute Gasteiger partial charge is 0.311 e. The van der Waals surface area contributed by atoms with Crippen molar-refractivity contribution >= 4 is 17.1 Å². The van der Waals surface area contributed by atoms with Crippen LogP contribution in [-0.2, 0) is 5.41 Å². The van der Waals surface area contributed by atoms with E-state index in [1.54, 1.807) is 0 Å². The summed E-state index contributed by atoms with van der Waals surface area (Å²) in [4.78, 5) is 17.3. The number of hydrogen-bond acceptors (Lipinski definition) is 4. The van der Waals surface area contributed by atoms with Gasteiger partial charge in [-0.05, 0) is 103 Å². The third kappa shape index (κ3) is 6.26. The van der Waals surface area contributed by atoms with Crippen molar-refractivity contribution in [1.82, 2.24) is 15.0 Å². The summed E-state index contributed by atoms with van der Waals surface area (Å²) in [5, 5.41) is 0. The standard InChI is InChI=1S/C64H42N4/c1-5-19-45(20-6-1)61-65-62(46-21-7-2-8-22-46)67-63(66-61)47-37-35-43(36-38-47)51-29-17-33-57-59(51)53-27-13-15-31-55(53)64(57)56-32-16-14-28-54(56)60-52(30-18-34-58(60)64)44-39-41-50(42-40-44)68(48-23-9-3-10-24-48)49-25-11-4-12-26-49/h1-42H. The zero-order valence-corrected chi connectivity index (χ0v) is 37.0. The van der Waals surface area contributed by atoms with E-state index >= 15 is 0 Å². The number of anilines is 3. The molecule has 13 rings (SSSR count). The average Bonchev–Trinajstić information content (AvgIpc) is 3.90. The molecule has 2 aliphatic rings. The van der Waals surface area contributed by atoms with Gasteiger partial charge in [0.15, 0.2) is 17.5 Å². The van der Waals surface area contributed by atoms with Crippen LogP contribution in [0.25, 0.3) is 78.7 Å². The molecule has 2 aliphatic carbocycles. The highest BCUT2D eigenvalue weighted by molar-refractivity contribution is 6.03. The van der Waals surface area contributed by atoms with Gasteiger partial charge in [0.05, 0.1) is 5.41 Å². The van der Waals surface area contributed by atoms with Gasteiger partial charge in [-0.15, -0.1) is 0 Å². The van der Waals surface area contributed by atoms with Gasteiger partial charge in [0, 0.05) is 33.8 Å². The minimum absolute atomic E-state index is 0.506. The minimum atomic E-state index is -0.506. The summed E-state index contributed by atoms with van der Waals surface area (Å²) in [6.45, 7) is 0. The maximum atomic E-state index is 5.02. The van der Waals surface area contributed by atoms with Crippen molar-refractivity contribution in [2.45, 2.75) is 5.41 Å². The molecule has 0 N–H and O–H groups in total. The lowest BCUT2D eigenvalue weighted by molar-refractivity contribution is 0.794. The molecule has 0 fully saturated rings. The Morgan fingerprint density at radius 3 is 0.985 bits per heavy atom. The highest BCUT2D eigenvalue weighted by Crippen LogP contribution is 2.65. The van der Waals surface area contributed by atoms with Gasteiger partial charge in [-0.2, -0.15) is 0 Å². The van der Waals surface area contributed by atoms with Crippen LogP contribution in [0.2, 0.25) is 0 Å². The van der Waals surface area contributed by atoms with Gasteiger partial charge in [0.1, 0.15) is 0 Å². The van der Waals surface area contributed by atoms with Crippen molar-refractivity contribution in [3.05, 3.63) is 277 Å². The van der Waals surface area contributed by atoms with Crippen molar-refractivity contribution in [1.29, 1.82) is 0 Å². The maximum absolute atomic E-state index is 5.02. The molecule has 0 bridgehead atoms. The highest BCUT2D eigenvalue weighted by Gasteiger charge is 2.52. The molecule has 1 heterocycles. The van der Waals surface area contributed by atoms with E-state index in [1.807, 2.05) is 60.7 Å². The van der Waals surface area contributed by atoms with E-state index < -0.39 is 5.41 Å². The first-order valence-corrected chi connectivity index (χ1v) is 23.2. The van der Waals surface area contributed by atoms with Crippen LogP contribution in [0.15, 0.2) is 255 Å². The molecule has 318 valence electrons. The van der Waals surface area contributed by atoms with Crippen LogP contribution in [-0.4, -0.2) is 15.0 Å². The number of aromatic nitrogens is 3. The summed E-state index contributed by atoms with van der Waals surface area (Å²) >= 11 is 0. The van der Waals surface area contributed by atoms with Crippen molar-refractivity contribution in [3.63, 3.8) is 0 Å². The molecule has 1 spiro atoms. The predicted molar refractivity (Wildman–Crippen MR) is 278 cm³/mol. The Labute approximate surface area is 396 Å². The minimum Gasteiger partial charge on any atom is -0.311 e. The van der Waals surface area contributed by atoms with Crippen LogP contribution >= 0.6 is 0 Å². The second-order valence-corrected chi connectivity index (χ2v) is 17.5. The van der Waals surface area contributed by atoms with Crippen LogP contribution < -0.4 is 4.90 Å². The SMILES string of the molecule is c1ccc(-c2nc(-c3ccccc3)nc(-c3ccc(-c4cccc5c4-c4ccccc4C54c5ccccc5-c5c(-c6ccc(N(c7ccccc7)c7ccccc7)cc6)cccc54)cc3)n2)cc1. The Kier molecular flexibility index (Phi) is 9.36. The number of nitrogens with zero attached hydrogens (tertiary/aromatic N) is 4. The van der Waals surface area contributed by atoms with Gasteiger partial charge in [-0.25, -0.2) is 15.0 Å². The van der Waals surface area contributed by atoms with Gasteiger partial charge in [0.2, 0.25) is 0 Å². The van der Waals surface area contributed by atoms with Gasteiger partial charge < -0.3 is 4.90 Å². The number of para-hydroxylation sites is 2. The first-order valence-electron chi connectivity index (χ1n) is 23.2. The van der Waals surface area contributed by atoms with Crippen molar-refractivity contribution in [3.8, 4) is 78.7 Å². The summed E-state index contributed by atoms with van der Waals surface area (Å²) < 4.78 is 0. The van der Waals surface area contributed by atoms with E-state index in [9.17, 15) is 0 Å². The molecule has 1 aromatic heterocycles. The molecular weight excluding hydrogens is 825 g/mol. The van der Waals surface area contributed by atoms with Gasteiger partial charge in [0.25, 0.3) is 0 Å². The van der Waals surface area contributed by atoms with Gasteiger partial charge in [-0.3, -0.25) is 0 Å². The molecule has 4 heteroatoms. The number of benzene rings is 10. The number of hydrogen-bond donors (Lipinski definition) is 0. The van der Waals surface area contributed by atoms with Crippen molar-refractivity contribution in [2.24, 2.45) is 0 Å². The molecule has 0 aliphatic heterocycles. The second-order valence-electron chi connectivity index (χ2n) is 17.5. The molecule has 0 saturated heterocycles. The van der Waals surface area contributed by atoms with Crippen LogP contribution in [0.3, 0.4) is 0 Å². The molecule has 68 heavy (non-hydrogen) atoms. The topological polar surface area (TPSA) is 41.9 Å². The normalized spacial score (nSPS) is 13.9. The zero-order chi connectivity index (χ0) is 45.0. The fourth-order valence-electron chi connectivity index (χ4n) is 10.8. The Morgan fingerprint density at radius 1 is 0.235 bits per heavy atom. The van der Waals surface area contributed by atoms with Crippen LogP contribution in [0.5, 0.6) is 0 Å². The Bertz CT molecular complexity index is 3550. The van der Waals surface area contributed by atoms with E-state index in [1.165, 1.54) is 61.2 Å². The first kappa shape index (κ1) is 39.4. The van der Waals surface area contributed by atoms with Crippen molar-refractivity contribution in [2.75, 3.05) is 4.90 Å². The van der Waals surface area contributed by atoms with Crippen LogP contribution in [0, 0.1) is 0 Å². The molecule has 4 nitrogen and oxygen atoms in total. The molecule has 0 amide bonds. The van der Waals surface area contributed by atoms with E-state index in [0.29, 0.717) is 17.5 Å². The average molecular weight is 867 g/mol. The Balaban J connectivity index is 0.930. The third-order valence-electron chi connectivity index (χ3n) is 13.8. The van der Waals surface area contributed by atoms with E-state index in [-0.39, 0.29) is 0 Å². The van der Waals surface area contributed by atoms with Gasteiger partial charge >= 0.3 is 0 Å². The third-order valence-corrected chi connectivity index (χ3v) is 13.8. The Hall–Kier alpha value is -8.99. The first-order chi connectivity index (χ1) is 33.7. The molecule has 0 saturated carbocycles. The molecular formula is C64H42N4. The summed E-state index contributed by atoms with van der Waals surface area (Å²) in [5.74, 6) is 1.94. The van der Waals surface area contributed by atoms with E-state index in [2.05, 4.69) is 199 Å². The quantitative estimate of drug-likeness (QED) is 0.153. The zero-order valence-electron chi connectivity index (χ0n) is 37.0. The summed E-state index contributed by atoms with van der Waals surface area (Å²) in [6.07, 6.45) is 0. The smallest absolute Gasteiger partial charge is 0.164 e. The lowest BCUT2D eigenvalue weighted by Gasteiger charge is -2.30. The molecule has 11 aromatic rings. The lowest BCUT2D eigenvalue weighted by Crippen LogP contribution is -2.25. The monoisotopic (exact) mass is 866 g/mol. The van der Waals surface area contributed by atoms with E-state index in [4.69, 9.17) is 15.0 Å². The predicted octanol–water partition coefficient (Wildman–Crippen LogP) is 16.0.